The number of thiophene rings is 1. The highest BCUT2D eigenvalue weighted by Crippen LogP contribution is 2.17. The van der Waals surface area contributed by atoms with E-state index >= 15 is 0 Å². The van der Waals surface area contributed by atoms with Crippen molar-refractivity contribution in [1.82, 2.24) is 0 Å². The second kappa shape index (κ2) is 6.82. The summed E-state index contributed by atoms with van der Waals surface area (Å²) in [6.45, 7) is 6.77. The first-order valence-electron chi connectivity index (χ1n) is 6.79. The molecule has 1 aromatic heterocycles. The lowest BCUT2D eigenvalue weighted by atomic mass is 9.97. The molecule has 0 unspecified atom stereocenters. The van der Waals surface area contributed by atoms with E-state index in [-0.39, 0.29) is 12.4 Å². The standard InChI is InChI=1S/C17H20O2S/c1-12-9-13(2)17(14(3)10-12)16(18)11-19-7-6-15-5-4-8-20-15/h4-5,8-10H,6-7,11H2,1-3H3. The van der Waals surface area contributed by atoms with Crippen LogP contribution in [-0.4, -0.2) is 19.0 Å². The summed E-state index contributed by atoms with van der Waals surface area (Å²) >= 11 is 1.72. The van der Waals surface area contributed by atoms with Crippen molar-refractivity contribution in [3.63, 3.8) is 0 Å². The summed E-state index contributed by atoms with van der Waals surface area (Å²) < 4.78 is 5.52. The topological polar surface area (TPSA) is 26.3 Å². The van der Waals surface area contributed by atoms with Crippen LogP contribution < -0.4 is 0 Å². The van der Waals surface area contributed by atoms with Gasteiger partial charge < -0.3 is 4.74 Å². The molecule has 0 aliphatic rings. The minimum atomic E-state index is 0.0752. The third-order valence-corrected chi connectivity index (χ3v) is 4.20. The number of Topliss-reactive ketones (excluding diaryl/α,β-unsaturated/α-hetero) is 1. The molecular weight excluding hydrogens is 268 g/mol. The Morgan fingerprint density at radius 3 is 2.50 bits per heavy atom. The zero-order chi connectivity index (χ0) is 14.5. The molecule has 1 aromatic carbocycles. The zero-order valence-electron chi connectivity index (χ0n) is 12.2. The number of carbonyl (C=O) groups excluding carboxylic acids is 1. The molecule has 0 atom stereocenters. The number of aryl methyl sites for hydroxylation is 3. The number of carbonyl (C=O) groups is 1. The first-order valence-corrected chi connectivity index (χ1v) is 7.67. The van der Waals surface area contributed by atoms with E-state index in [1.807, 2.05) is 39.0 Å². The third-order valence-electron chi connectivity index (χ3n) is 3.26. The molecule has 0 fully saturated rings. The van der Waals surface area contributed by atoms with Crippen LogP contribution in [0.3, 0.4) is 0 Å². The number of hydrogen-bond acceptors (Lipinski definition) is 3. The van der Waals surface area contributed by atoms with E-state index < -0.39 is 0 Å². The van der Waals surface area contributed by atoms with Gasteiger partial charge in [0, 0.05) is 16.9 Å². The summed E-state index contributed by atoms with van der Waals surface area (Å²) in [5.74, 6) is 0.0752. The lowest BCUT2D eigenvalue weighted by Crippen LogP contribution is -2.13. The Hall–Kier alpha value is -1.45. The van der Waals surface area contributed by atoms with Gasteiger partial charge in [0.15, 0.2) is 5.78 Å². The van der Waals surface area contributed by atoms with Crippen LogP contribution in [0.25, 0.3) is 0 Å². The lowest BCUT2D eigenvalue weighted by Gasteiger charge is -2.10. The Morgan fingerprint density at radius 2 is 1.90 bits per heavy atom. The summed E-state index contributed by atoms with van der Waals surface area (Å²) in [5, 5.41) is 2.06. The first-order chi connectivity index (χ1) is 9.58. The van der Waals surface area contributed by atoms with Gasteiger partial charge in [-0.25, -0.2) is 0 Å². The van der Waals surface area contributed by atoms with Crippen LogP contribution in [0, 0.1) is 20.8 Å². The molecule has 0 aliphatic heterocycles. The minimum absolute atomic E-state index is 0.0752. The van der Waals surface area contributed by atoms with E-state index in [2.05, 4.69) is 11.4 Å². The summed E-state index contributed by atoms with van der Waals surface area (Å²) in [4.78, 5) is 13.5. The van der Waals surface area contributed by atoms with Gasteiger partial charge in [0.25, 0.3) is 0 Å². The van der Waals surface area contributed by atoms with E-state index in [4.69, 9.17) is 4.74 Å². The van der Waals surface area contributed by atoms with Crippen molar-refractivity contribution >= 4 is 17.1 Å². The van der Waals surface area contributed by atoms with Gasteiger partial charge in [-0.3, -0.25) is 4.79 Å². The molecule has 0 N–H and O–H groups in total. The molecule has 2 nitrogen and oxygen atoms in total. The zero-order valence-corrected chi connectivity index (χ0v) is 13.0. The second-order valence-corrected chi connectivity index (χ2v) is 6.11. The van der Waals surface area contributed by atoms with Crippen LogP contribution in [0.5, 0.6) is 0 Å². The summed E-state index contributed by atoms with van der Waals surface area (Å²) in [7, 11) is 0. The molecule has 2 aromatic rings. The fourth-order valence-electron chi connectivity index (χ4n) is 2.48. The molecule has 0 bridgehead atoms. The largest absolute Gasteiger partial charge is 0.373 e. The average molecular weight is 288 g/mol. The highest BCUT2D eigenvalue weighted by Gasteiger charge is 2.12. The van der Waals surface area contributed by atoms with Crippen molar-refractivity contribution in [2.75, 3.05) is 13.2 Å². The van der Waals surface area contributed by atoms with Gasteiger partial charge in [-0.2, -0.15) is 0 Å². The Bertz CT molecular complexity index is 562. The van der Waals surface area contributed by atoms with Gasteiger partial charge in [0.05, 0.1) is 6.61 Å². The Morgan fingerprint density at radius 1 is 1.20 bits per heavy atom. The molecular formula is C17H20O2S. The molecule has 0 radical (unpaired) electrons. The highest BCUT2D eigenvalue weighted by atomic mass is 32.1. The van der Waals surface area contributed by atoms with Gasteiger partial charge >= 0.3 is 0 Å². The van der Waals surface area contributed by atoms with Crippen molar-refractivity contribution in [2.45, 2.75) is 27.2 Å². The van der Waals surface area contributed by atoms with Gasteiger partial charge in [-0.15, -0.1) is 11.3 Å². The maximum atomic E-state index is 12.2. The van der Waals surface area contributed by atoms with Crippen LogP contribution in [0.2, 0.25) is 0 Å². The van der Waals surface area contributed by atoms with E-state index in [1.54, 1.807) is 11.3 Å². The number of benzene rings is 1. The van der Waals surface area contributed by atoms with Crippen molar-refractivity contribution < 1.29 is 9.53 Å². The van der Waals surface area contributed by atoms with Crippen molar-refractivity contribution in [2.24, 2.45) is 0 Å². The van der Waals surface area contributed by atoms with Crippen LogP contribution in [-0.2, 0) is 11.2 Å². The van der Waals surface area contributed by atoms with Crippen LogP contribution in [0.15, 0.2) is 29.6 Å². The molecule has 0 spiro atoms. The molecule has 0 saturated heterocycles. The molecule has 1 heterocycles. The predicted octanol–water partition coefficient (Wildman–Crippen LogP) is 4.12. The maximum Gasteiger partial charge on any atom is 0.188 e. The Labute approximate surface area is 124 Å². The maximum absolute atomic E-state index is 12.2. The molecule has 0 amide bonds. The molecule has 2 rings (SSSR count). The lowest BCUT2D eigenvalue weighted by molar-refractivity contribution is 0.0765. The number of ether oxygens (including phenoxy) is 1. The van der Waals surface area contributed by atoms with E-state index in [9.17, 15) is 4.79 Å². The number of rotatable bonds is 6. The van der Waals surface area contributed by atoms with E-state index in [0.29, 0.717) is 6.61 Å². The molecule has 0 aliphatic carbocycles. The monoisotopic (exact) mass is 288 g/mol. The van der Waals surface area contributed by atoms with Crippen LogP contribution >= 0.6 is 11.3 Å². The van der Waals surface area contributed by atoms with Crippen molar-refractivity contribution in [3.05, 3.63) is 56.8 Å². The van der Waals surface area contributed by atoms with Crippen LogP contribution in [0.4, 0.5) is 0 Å². The second-order valence-electron chi connectivity index (χ2n) is 5.08. The van der Waals surface area contributed by atoms with Gasteiger partial charge in [0.2, 0.25) is 0 Å². The Kier molecular flexibility index (Phi) is 5.10. The first kappa shape index (κ1) is 14.9. The molecule has 106 valence electrons. The smallest absolute Gasteiger partial charge is 0.188 e. The van der Waals surface area contributed by atoms with Gasteiger partial charge in [0.1, 0.15) is 6.61 Å². The highest BCUT2D eigenvalue weighted by molar-refractivity contribution is 7.09. The van der Waals surface area contributed by atoms with Crippen molar-refractivity contribution in [1.29, 1.82) is 0 Å². The number of hydrogen-bond donors (Lipinski definition) is 0. The summed E-state index contributed by atoms with van der Waals surface area (Å²) in [5.41, 5.74) is 4.07. The van der Waals surface area contributed by atoms with Crippen molar-refractivity contribution in [3.8, 4) is 0 Å². The normalized spacial score (nSPS) is 10.8. The third kappa shape index (κ3) is 3.78. The van der Waals surface area contributed by atoms with E-state index in [1.165, 1.54) is 10.4 Å². The van der Waals surface area contributed by atoms with Gasteiger partial charge in [-0.1, -0.05) is 23.8 Å². The SMILES string of the molecule is Cc1cc(C)c(C(=O)COCCc2cccs2)c(C)c1. The summed E-state index contributed by atoms with van der Waals surface area (Å²) in [6.07, 6.45) is 0.872. The van der Waals surface area contributed by atoms with E-state index in [0.717, 1.165) is 23.1 Å². The predicted molar refractivity (Wildman–Crippen MR) is 83.8 cm³/mol. The fraction of sp³-hybridized carbons (Fsp3) is 0.353. The van der Waals surface area contributed by atoms with Crippen LogP contribution in [0.1, 0.15) is 31.9 Å². The Balaban J connectivity index is 1.89. The quantitative estimate of drug-likeness (QED) is 0.590. The minimum Gasteiger partial charge on any atom is -0.373 e. The number of ketones is 1. The average Bonchev–Trinajstić information content (AvgIpc) is 2.86. The molecule has 20 heavy (non-hydrogen) atoms. The van der Waals surface area contributed by atoms with Gasteiger partial charge in [-0.05, 0) is 43.3 Å². The fourth-order valence-corrected chi connectivity index (χ4v) is 3.17. The summed E-state index contributed by atoms with van der Waals surface area (Å²) in [6, 6.07) is 8.21. The molecule has 0 saturated carbocycles. The molecule has 3 heteroatoms.